The minimum atomic E-state index is -0.378. The van der Waals surface area contributed by atoms with Crippen LogP contribution >= 0.6 is 0 Å². The molecule has 0 saturated carbocycles. The molecule has 2 aromatic rings. The maximum atomic E-state index is 13.5. The van der Waals surface area contributed by atoms with E-state index < -0.39 is 0 Å². The first kappa shape index (κ1) is 14.1. The molecule has 0 aliphatic carbocycles. The molecule has 0 bridgehead atoms. The molecule has 0 spiro atoms. The Morgan fingerprint density at radius 2 is 2.09 bits per heavy atom. The second kappa shape index (κ2) is 4.87. The van der Waals surface area contributed by atoms with Gasteiger partial charge in [-0.1, -0.05) is 6.58 Å². The lowest BCUT2D eigenvalue weighted by atomic mass is 10.0. The number of nitrogens with two attached hydrogens (primary N) is 1. The number of halogens is 1. The third-order valence-electron chi connectivity index (χ3n) is 3.85. The number of H-pyrrole nitrogens is 1. The normalized spacial score (nSPS) is 15.0. The molecule has 4 nitrogen and oxygen atoms in total. The number of hydrogen-bond donors (Lipinski definition) is 3. The molecule has 0 fully saturated rings. The molecular formula is C17H16FN3O. The van der Waals surface area contributed by atoms with Crippen molar-refractivity contribution in [3.63, 3.8) is 0 Å². The topological polar surface area (TPSA) is 70.9 Å². The van der Waals surface area contributed by atoms with Crippen molar-refractivity contribution in [1.29, 1.82) is 0 Å². The van der Waals surface area contributed by atoms with E-state index in [4.69, 9.17) is 5.73 Å². The average Bonchev–Trinajstić information content (AvgIpc) is 2.88. The quantitative estimate of drug-likeness (QED) is 0.745. The number of hydrogen-bond acceptors (Lipinski definition) is 2. The largest absolute Gasteiger partial charge is 0.399 e. The Hall–Kier alpha value is -2.82. The van der Waals surface area contributed by atoms with E-state index in [0.29, 0.717) is 22.5 Å². The van der Waals surface area contributed by atoms with Gasteiger partial charge in [-0.2, -0.15) is 0 Å². The van der Waals surface area contributed by atoms with Crippen LogP contribution in [0.25, 0.3) is 17.3 Å². The molecule has 1 aromatic carbocycles. The summed E-state index contributed by atoms with van der Waals surface area (Å²) in [5.41, 5.74) is 11.3. The Bertz CT molecular complexity index is 846. The third-order valence-corrected chi connectivity index (χ3v) is 3.85. The van der Waals surface area contributed by atoms with Gasteiger partial charge in [0.25, 0.3) is 5.91 Å². The smallest absolute Gasteiger partial charge is 0.256 e. The van der Waals surface area contributed by atoms with E-state index in [9.17, 15) is 9.18 Å². The predicted octanol–water partition coefficient (Wildman–Crippen LogP) is 3.19. The Morgan fingerprint density at radius 1 is 1.36 bits per heavy atom. The number of rotatable bonds is 2. The van der Waals surface area contributed by atoms with Crippen LogP contribution in [0.15, 0.2) is 24.8 Å². The van der Waals surface area contributed by atoms with Crippen LogP contribution in [0, 0.1) is 19.7 Å². The van der Waals surface area contributed by atoms with E-state index in [1.807, 2.05) is 13.8 Å². The lowest BCUT2D eigenvalue weighted by molar-refractivity contribution is -0.110. The van der Waals surface area contributed by atoms with Crippen LogP contribution in [0.5, 0.6) is 0 Å². The molecule has 5 heteroatoms. The predicted molar refractivity (Wildman–Crippen MR) is 86.4 cm³/mol. The number of amides is 1. The van der Waals surface area contributed by atoms with Crippen LogP contribution in [0.2, 0.25) is 0 Å². The molecule has 0 saturated heterocycles. The second-order valence-electron chi connectivity index (χ2n) is 5.39. The highest BCUT2D eigenvalue weighted by molar-refractivity contribution is 6.34. The number of carbonyl (C=O) groups is 1. The number of anilines is 1. The van der Waals surface area contributed by atoms with E-state index in [1.165, 1.54) is 12.1 Å². The van der Waals surface area contributed by atoms with Gasteiger partial charge in [0.05, 0.1) is 5.57 Å². The van der Waals surface area contributed by atoms with Gasteiger partial charge >= 0.3 is 0 Å². The van der Waals surface area contributed by atoms with Crippen LogP contribution in [0.3, 0.4) is 0 Å². The molecule has 22 heavy (non-hydrogen) atoms. The van der Waals surface area contributed by atoms with Crippen molar-refractivity contribution < 1.29 is 9.18 Å². The van der Waals surface area contributed by atoms with Gasteiger partial charge in [0.1, 0.15) is 5.82 Å². The first-order valence-corrected chi connectivity index (χ1v) is 6.85. The van der Waals surface area contributed by atoms with Gasteiger partial charge in [0.2, 0.25) is 0 Å². The maximum Gasteiger partial charge on any atom is 0.256 e. The highest BCUT2D eigenvalue weighted by atomic mass is 19.1. The van der Waals surface area contributed by atoms with Crippen LogP contribution in [0.1, 0.15) is 28.1 Å². The number of fused-ring (bicyclic) bond motifs is 1. The number of aromatic amines is 1. The molecule has 112 valence electrons. The zero-order valence-corrected chi connectivity index (χ0v) is 12.4. The van der Waals surface area contributed by atoms with Crippen molar-refractivity contribution in [3.8, 4) is 0 Å². The molecule has 3 rings (SSSR count). The number of benzene rings is 1. The first-order chi connectivity index (χ1) is 10.4. The van der Waals surface area contributed by atoms with Crippen LogP contribution in [-0.4, -0.2) is 10.9 Å². The SMILES string of the molecule is C=C(N)c1c(C)[nH]c(/C=C2\C(=O)Nc3ccc(F)cc32)c1C. The molecule has 0 unspecified atom stereocenters. The zero-order chi connectivity index (χ0) is 16.0. The standard InChI is InChI=1S/C17H16FN3O/c1-8-15(20-10(3)16(8)9(2)19)7-13-12-6-11(18)4-5-14(12)21-17(13)22/h4-7,20H,2,19H2,1,3H3,(H,21,22)/b13-7-. The van der Waals surface area contributed by atoms with E-state index in [1.54, 1.807) is 12.1 Å². The average molecular weight is 297 g/mol. The monoisotopic (exact) mass is 297 g/mol. The highest BCUT2D eigenvalue weighted by Crippen LogP contribution is 2.34. The third kappa shape index (κ3) is 2.11. The summed E-state index contributed by atoms with van der Waals surface area (Å²) >= 11 is 0. The lowest BCUT2D eigenvalue weighted by Gasteiger charge is -2.01. The Kier molecular flexibility index (Phi) is 3.13. The molecule has 1 amide bonds. The number of aryl methyl sites for hydroxylation is 1. The van der Waals surface area contributed by atoms with Gasteiger partial charge in [-0.3, -0.25) is 4.79 Å². The van der Waals surface area contributed by atoms with E-state index in [0.717, 1.165) is 22.5 Å². The summed E-state index contributed by atoms with van der Waals surface area (Å²) in [4.78, 5) is 15.3. The summed E-state index contributed by atoms with van der Waals surface area (Å²) in [5.74, 6) is -0.628. The molecule has 1 aromatic heterocycles. The fraction of sp³-hybridized carbons (Fsp3) is 0.118. The fourth-order valence-electron chi connectivity index (χ4n) is 2.85. The van der Waals surface area contributed by atoms with E-state index in [2.05, 4.69) is 16.9 Å². The van der Waals surface area contributed by atoms with Crippen molar-refractivity contribution in [2.24, 2.45) is 5.73 Å². The highest BCUT2D eigenvalue weighted by Gasteiger charge is 2.25. The molecule has 1 aliphatic heterocycles. The molecule has 4 N–H and O–H groups in total. The van der Waals surface area contributed by atoms with Gasteiger partial charge in [0, 0.05) is 33.9 Å². The van der Waals surface area contributed by atoms with Crippen molar-refractivity contribution in [1.82, 2.24) is 4.98 Å². The van der Waals surface area contributed by atoms with Gasteiger partial charge in [-0.05, 0) is 43.7 Å². The molecule has 0 atom stereocenters. The molecule has 2 heterocycles. The summed E-state index contributed by atoms with van der Waals surface area (Å²) in [6, 6.07) is 4.24. The summed E-state index contributed by atoms with van der Waals surface area (Å²) in [6.07, 6.45) is 1.72. The lowest BCUT2D eigenvalue weighted by Crippen LogP contribution is -2.03. The zero-order valence-electron chi connectivity index (χ0n) is 12.4. The van der Waals surface area contributed by atoms with Crippen molar-refractivity contribution in [2.75, 3.05) is 5.32 Å². The molecule has 1 aliphatic rings. The Balaban J connectivity index is 2.15. The first-order valence-electron chi connectivity index (χ1n) is 6.85. The van der Waals surface area contributed by atoms with Crippen LogP contribution in [-0.2, 0) is 4.79 Å². The summed E-state index contributed by atoms with van der Waals surface area (Å²) in [7, 11) is 0. The van der Waals surface area contributed by atoms with E-state index >= 15 is 0 Å². The second-order valence-corrected chi connectivity index (χ2v) is 5.39. The number of nitrogens with one attached hydrogen (secondary N) is 2. The molecule has 0 radical (unpaired) electrons. The van der Waals surface area contributed by atoms with E-state index in [-0.39, 0.29) is 11.7 Å². The number of aromatic nitrogens is 1. The van der Waals surface area contributed by atoms with Crippen LogP contribution in [0.4, 0.5) is 10.1 Å². The maximum absolute atomic E-state index is 13.5. The Morgan fingerprint density at radius 3 is 2.73 bits per heavy atom. The number of carbonyl (C=O) groups excluding carboxylic acids is 1. The van der Waals surface area contributed by atoms with Crippen molar-refractivity contribution in [3.05, 3.63) is 58.7 Å². The summed E-state index contributed by atoms with van der Waals surface area (Å²) in [5, 5.41) is 2.73. The van der Waals surface area contributed by atoms with Gasteiger partial charge in [-0.15, -0.1) is 0 Å². The van der Waals surface area contributed by atoms with Crippen molar-refractivity contribution >= 4 is 28.9 Å². The van der Waals surface area contributed by atoms with Crippen molar-refractivity contribution in [2.45, 2.75) is 13.8 Å². The van der Waals surface area contributed by atoms with Gasteiger partial charge in [0.15, 0.2) is 0 Å². The Labute approximate surface area is 127 Å². The van der Waals surface area contributed by atoms with Gasteiger partial charge in [-0.25, -0.2) is 4.39 Å². The summed E-state index contributed by atoms with van der Waals surface area (Å²) < 4.78 is 13.5. The fourth-order valence-corrected chi connectivity index (χ4v) is 2.85. The minimum Gasteiger partial charge on any atom is -0.399 e. The minimum absolute atomic E-state index is 0.250. The summed E-state index contributed by atoms with van der Waals surface area (Å²) in [6.45, 7) is 7.56. The molecular weight excluding hydrogens is 281 g/mol. The van der Waals surface area contributed by atoms with Gasteiger partial charge < -0.3 is 16.0 Å². The van der Waals surface area contributed by atoms with Crippen LogP contribution < -0.4 is 11.1 Å².